The zero-order valence-corrected chi connectivity index (χ0v) is 13.3. The van der Waals surface area contributed by atoms with Crippen molar-refractivity contribution in [3.63, 3.8) is 0 Å². The molecule has 0 saturated carbocycles. The van der Waals surface area contributed by atoms with E-state index < -0.39 is 0 Å². The van der Waals surface area contributed by atoms with E-state index in [-0.39, 0.29) is 18.6 Å². The van der Waals surface area contributed by atoms with Crippen molar-refractivity contribution in [3.05, 3.63) is 40.4 Å². The summed E-state index contributed by atoms with van der Waals surface area (Å²) < 4.78 is 0. The minimum absolute atomic E-state index is 0.0592. The Bertz CT molecular complexity index is 633. The lowest BCUT2D eigenvalue weighted by Crippen LogP contribution is -2.37. The van der Waals surface area contributed by atoms with Crippen LogP contribution in [0.25, 0.3) is 10.6 Å². The van der Waals surface area contributed by atoms with Gasteiger partial charge in [-0.15, -0.1) is 11.3 Å². The second-order valence-corrected chi connectivity index (χ2v) is 5.98. The van der Waals surface area contributed by atoms with Gasteiger partial charge in [-0.2, -0.15) is 0 Å². The second kappa shape index (κ2) is 6.83. The van der Waals surface area contributed by atoms with Gasteiger partial charge in [0, 0.05) is 10.9 Å². The van der Waals surface area contributed by atoms with E-state index >= 15 is 0 Å². The number of rotatable bonds is 5. The quantitative estimate of drug-likeness (QED) is 0.893. The van der Waals surface area contributed by atoms with Crippen LogP contribution in [0.1, 0.15) is 35.0 Å². The molecule has 21 heavy (non-hydrogen) atoms. The fourth-order valence-electron chi connectivity index (χ4n) is 2.09. The summed E-state index contributed by atoms with van der Waals surface area (Å²) in [6.45, 7) is 5.96. The van der Waals surface area contributed by atoms with Crippen LogP contribution in [0.15, 0.2) is 23.6 Å². The molecule has 1 aromatic carbocycles. The van der Waals surface area contributed by atoms with Crippen LogP contribution in [-0.2, 0) is 0 Å². The van der Waals surface area contributed by atoms with E-state index in [1.165, 1.54) is 16.9 Å². The molecule has 1 aromatic heterocycles. The zero-order valence-electron chi connectivity index (χ0n) is 12.5. The van der Waals surface area contributed by atoms with Crippen molar-refractivity contribution in [2.75, 3.05) is 6.61 Å². The van der Waals surface area contributed by atoms with Crippen molar-refractivity contribution in [2.24, 2.45) is 0 Å². The van der Waals surface area contributed by atoms with Gasteiger partial charge in [0.15, 0.2) is 0 Å². The molecule has 0 aliphatic carbocycles. The molecule has 2 aromatic rings. The Balaban J connectivity index is 2.19. The third kappa shape index (κ3) is 3.68. The SMILES string of the molecule is CCC(CO)NC(=O)c1csc(-c2ccc(C)cc2C)n1. The summed E-state index contributed by atoms with van der Waals surface area (Å²) in [6.07, 6.45) is 0.691. The van der Waals surface area contributed by atoms with Gasteiger partial charge in [-0.25, -0.2) is 4.98 Å². The van der Waals surface area contributed by atoms with Gasteiger partial charge in [0.2, 0.25) is 0 Å². The maximum atomic E-state index is 12.1. The normalized spacial score (nSPS) is 12.2. The molecule has 0 bridgehead atoms. The number of benzene rings is 1. The molecule has 2 rings (SSSR count). The Kier molecular flexibility index (Phi) is 5.09. The largest absolute Gasteiger partial charge is 0.394 e. The Hall–Kier alpha value is -1.72. The Morgan fingerprint density at radius 2 is 2.19 bits per heavy atom. The fourth-order valence-corrected chi connectivity index (χ4v) is 2.98. The van der Waals surface area contributed by atoms with Crippen LogP contribution in [0.5, 0.6) is 0 Å². The van der Waals surface area contributed by atoms with Crippen molar-refractivity contribution < 1.29 is 9.90 Å². The molecule has 0 fully saturated rings. The number of thiazole rings is 1. The van der Waals surface area contributed by atoms with E-state index in [0.717, 1.165) is 16.1 Å². The lowest BCUT2D eigenvalue weighted by atomic mass is 10.1. The third-order valence-corrected chi connectivity index (χ3v) is 4.27. The number of hydrogen-bond donors (Lipinski definition) is 2. The monoisotopic (exact) mass is 304 g/mol. The van der Waals surface area contributed by atoms with Crippen LogP contribution in [0, 0.1) is 13.8 Å². The number of nitrogens with zero attached hydrogens (tertiary/aromatic N) is 1. The predicted octanol–water partition coefficient (Wildman–Crippen LogP) is 2.93. The van der Waals surface area contributed by atoms with Gasteiger partial charge < -0.3 is 10.4 Å². The average molecular weight is 304 g/mol. The van der Waals surface area contributed by atoms with Crippen molar-refractivity contribution in [3.8, 4) is 10.6 Å². The molecule has 0 aliphatic rings. The maximum absolute atomic E-state index is 12.1. The Labute approximate surface area is 128 Å². The Morgan fingerprint density at radius 1 is 1.43 bits per heavy atom. The van der Waals surface area contributed by atoms with Crippen molar-refractivity contribution in [2.45, 2.75) is 33.2 Å². The first-order valence-electron chi connectivity index (χ1n) is 7.00. The van der Waals surface area contributed by atoms with Gasteiger partial charge >= 0.3 is 0 Å². The molecule has 2 N–H and O–H groups in total. The number of aryl methyl sites for hydroxylation is 2. The molecule has 0 radical (unpaired) electrons. The van der Waals surface area contributed by atoms with Gasteiger partial charge in [-0.05, 0) is 25.8 Å². The molecule has 0 spiro atoms. The number of hydrogen-bond acceptors (Lipinski definition) is 4. The van der Waals surface area contributed by atoms with Crippen LogP contribution in [0.3, 0.4) is 0 Å². The maximum Gasteiger partial charge on any atom is 0.271 e. The summed E-state index contributed by atoms with van der Waals surface area (Å²) in [5.41, 5.74) is 3.82. The standard InChI is InChI=1S/C16H20N2O2S/c1-4-12(8-19)17-15(20)14-9-21-16(18-14)13-6-5-10(2)7-11(13)3/h5-7,9,12,19H,4,8H2,1-3H3,(H,17,20). The van der Waals surface area contributed by atoms with Gasteiger partial charge in [0.1, 0.15) is 10.7 Å². The first-order valence-corrected chi connectivity index (χ1v) is 7.88. The molecule has 1 atom stereocenters. The number of amides is 1. The molecular formula is C16H20N2O2S. The number of carbonyl (C=O) groups excluding carboxylic acids is 1. The molecule has 4 nitrogen and oxygen atoms in total. The van der Waals surface area contributed by atoms with E-state index in [1.54, 1.807) is 5.38 Å². The minimum Gasteiger partial charge on any atom is -0.394 e. The molecule has 0 aliphatic heterocycles. The van der Waals surface area contributed by atoms with Crippen LogP contribution < -0.4 is 5.32 Å². The van der Waals surface area contributed by atoms with Gasteiger partial charge in [0.05, 0.1) is 12.6 Å². The van der Waals surface area contributed by atoms with Crippen molar-refractivity contribution in [1.82, 2.24) is 10.3 Å². The molecule has 5 heteroatoms. The van der Waals surface area contributed by atoms with Crippen molar-refractivity contribution in [1.29, 1.82) is 0 Å². The number of nitrogens with one attached hydrogen (secondary N) is 1. The summed E-state index contributed by atoms with van der Waals surface area (Å²) in [4.78, 5) is 16.5. The predicted molar refractivity (Wildman–Crippen MR) is 85.7 cm³/mol. The summed E-state index contributed by atoms with van der Waals surface area (Å²) in [5, 5.41) is 14.5. The molecule has 1 unspecified atom stereocenters. The zero-order chi connectivity index (χ0) is 15.4. The molecule has 1 heterocycles. The molecular weight excluding hydrogens is 284 g/mol. The van der Waals surface area contributed by atoms with Crippen LogP contribution in [0.4, 0.5) is 0 Å². The summed E-state index contributed by atoms with van der Waals surface area (Å²) >= 11 is 1.46. The van der Waals surface area contributed by atoms with Crippen LogP contribution >= 0.6 is 11.3 Å². The van der Waals surface area contributed by atoms with Crippen LogP contribution in [-0.4, -0.2) is 28.6 Å². The van der Waals surface area contributed by atoms with Gasteiger partial charge in [-0.1, -0.05) is 30.7 Å². The summed E-state index contributed by atoms with van der Waals surface area (Å²) in [6, 6.07) is 5.97. The number of aliphatic hydroxyl groups is 1. The second-order valence-electron chi connectivity index (χ2n) is 5.12. The molecule has 0 saturated heterocycles. The number of carbonyl (C=O) groups is 1. The molecule has 112 valence electrons. The molecule has 1 amide bonds. The van der Waals surface area contributed by atoms with Crippen LogP contribution in [0.2, 0.25) is 0 Å². The Morgan fingerprint density at radius 3 is 2.81 bits per heavy atom. The highest BCUT2D eigenvalue weighted by Gasteiger charge is 2.15. The average Bonchev–Trinajstić information content (AvgIpc) is 2.94. The lowest BCUT2D eigenvalue weighted by molar-refractivity contribution is 0.0910. The van der Waals surface area contributed by atoms with Gasteiger partial charge in [0.25, 0.3) is 5.91 Å². The van der Waals surface area contributed by atoms with Gasteiger partial charge in [-0.3, -0.25) is 4.79 Å². The highest BCUT2D eigenvalue weighted by atomic mass is 32.1. The first-order chi connectivity index (χ1) is 10.0. The van der Waals surface area contributed by atoms with E-state index in [0.29, 0.717) is 12.1 Å². The third-order valence-electron chi connectivity index (χ3n) is 3.40. The topological polar surface area (TPSA) is 62.2 Å². The summed E-state index contributed by atoms with van der Waals surface area (Å²) in [5.74, 6) is -0.233. The highest BCUT2D eigenvalue weighted by molar-refractivity contribution is 7.13. The van der Waals surface area contributed by atoms with E-state index in [1.807, 2.05) is 26.0 Å². The summed E-state index contributed by atoms with van der Waals surface area (Å²) in [7, 11) is 0. The van der Waals surface area contributed by atoms with E-state index in [4.69, 9.17) is 5.11 Å². The number of aromatic nitrogens is 1. The fraction of sp³-hybridized carbons (Fsp3) is 0.375. The highest BCUT2D eigenvalue weighted by Crippen LogP contribution is 2.27. The van der Waals surface area contributed by atoms with E-state index in [9.17, 15) is 4.79 Å². The minimum atomic E-state index is -0.233. The lowest BCUT2D eigenvalue weighted by Gasteiger charge is -2.12. The first kappa shape index (κ1) is 15.7. The number of aliphatic hydroxyl groups excluding tert-OH is 1. The smallest absolute Gasteiger partial charge is 0.271 e. The van der Waals surface area contributed by atoms with Crippen molar-refractivity contribution >= 4 is 17.2 Å². The van der Waals surface area contributed by atoms with E-state index in [2.05, 4.69) is 23.3 Å².